The van der Waals surface area contributed by atoms with Crippen molar-refractivity contribution in [2.45, 2.75) is 25.6 Å². The molecule has 9 heteroatoms. The Morgan fingerprint density at radius 2 is 2.09 bits per heavy atom. The van der Waals surface area contributed by atoms with E-state index in [2.05, 4.69) is 15.5 Å². The quantitative estimate of drug-likeness (QED) is 0.450. The van der Waals surface area contributed by atoms with Crippen LogP contribution in [0.4, 0.5) is 5.13 Å². The van der Waals surface area contributed by atoms with Crippen LogP contribution in [0.2, 0.25) is 5.02 Å². The monoisotopic (exact) mass is 471 g/mol. The highest BCUT2D eigenvalue weighted by atomic mass is 35.5. The third-order valence-corrected chi connectivity index (χ3v) is 5.98. The molecule has 32 heavy (non-hydrogen) atoms. The minimum atomic E-state index is -0.290. The van der Waals surface area contributed by atoms with Gasteiger partial charge in [0.25, 0.3) is 0 Å². The Kier molecular flexibility index (Phi) is 7.36. The summed E-state index contributed by atoms with van der Waals surface area (Å²) in [6, 6.07) is 12.9. The number of halogens is 1. The number of ether oxygens (including phenoxy) is 3. The van der Waals surface area contributed by atoms with Gasteiger partial charge in [0.1, 0.15) is 17.7 Å². The summed E-state index contributed by atoms with van der Waals surface area (Å²) < 4.78 is 16.9. The highest BCUT2D eigenvalue weighted by Crippen LogP contribution is 2.32. The molecule has 0 radical (unpaired) electrons. The van der Waals surface area contributed by atoms with Crippen molar-refractivity contribution in [3.8, 4) is 11.5 Å². The first-order valence-electron chi connectivity index (χ1n) is 10.1. The van der Waals surface area contributed by atoms with E-state index < -0.39 is 0 Å². The first kappa shape index (κ1) is 22.3. The number of rotatable bonds is 8. The number of hydrogen-bond acceptors (Lipinski definition) is 7. The van der Waals surface area contributed by atoms with Crippen LogP contribution in [0.25, 0.3) is 6.08 Å². The molecule has 2 aromatic carbocycles. The Hall–Kier alpha value is -2.94. The minimum absolute atomic E-state index is 0.0124. The average molecular weight is 472 g/mol. The van der Waals surface area contributed by atoms with E-state index in [0.29, 0.717) is 28.3 Å². The zero-order chi connectivity index (χ0) is 22.3. The Morgan fingerprint density at radius 3 is 2.84 bits per heavy atom. The van der Waals surface area contributed by atoms with E-state index in [1.807, 2.05) is 42.5 Å². The van der Waals surface area contributed by atoms with Gasteiger partial charge in [0, 0.05) is 17.7 Å². The van der Waals surface area contributed by atoms with E-state index >= 15 is 0 Å². The number of carbonyl (C=O) groups is 1. The van der Waals surface area contributed by atoms with Crippen LogP contribution >= 0.6 is 22.9 Å². The van der Waals surface area contributed by atoms with Gasteiger partial charge in [-0.25, -0.2) is 0 Å². The molecular formula is C23H22ClN3O4S. The van der Waals surface area contributed by atoms with Gasteiger partial charge in [-0.3, -0.25) is 10.1 Å². The zero-order valence-corrected chi connectivity index (χ0v) is 19.0. The molecule has 0 bridgehead atoms. The Labute approximate surface area is 195 Å². The lowest BCUT2D eigenvalue weighted by molar-refractivity contribution is -0.111. The zero-order valence-electron chi connectivity index (χ0n) is 17.4. The lowest BCUT2D eigenvalue weighted by Crippen LogP contribution is -2.07. The summed E-state index contributed by atoms with van der Waals surface area (Å²) in [5.74, 6) is 0.897. The fourth-order valence-electron chi connectivity index (χ4n) is 3.16. The third-order valence-electron chi connectivity index (χ3n) is 4.80. The second kappa shape index (κ2) is 10.6. The number of methoxy groups -OCH3 is 1. The molecule has 1 aromatic heterocycles. The second-order valence-corrected chi connectivity index (χ2v) is 8.54. The number of benzene rings is 2. The van der Waals surface area contributed by atoms with Crippen LogP contribution in [0.5, 0.6) is 11.5 Å². The van der Waals surface area contributed by atoms with E-state index in [0.717, 1.165) is 35.6 Å². The molecule has 1 aliphatic rings. The molecule has 0 aliphatic carbocycles. The molecule has 1 atom stereocenters. The van der Waals surface area contributed by atoms with Gasteiger partial charge in [0.15, 0.2) is 11.5 Å². The fraction of sp³-hybridized carbons (Fsp3) is 0.261. The Morgan fingerprint density at radius 1 is 1.25 bits per heavy atom. The molecule has 3 aromatic rings. The highest BCUT2D eigenvalue weighted by Gasteiger charge is 2.22. The van der Waals surface area contributed by atoms with Crippen LogP contribution in [0, 0.1) is 0 Å². The summed E-state index contributed by atoms with van der Waals surface area (Å²) >= 11 is 7.25. The van der Waals surface area contributed by atoms with Crippen molar-refractivity contribution < 1.29 is 19.0 Å². The van der Waals surface area contributed by atoms with Crippen LogP contribution < -0.4 is 14.8 Å². The van der Waals surface area contributed by atoms with Crippen molar-refractivity contribution in [3.05, 3.63) is 69.7 Å². The first-order valence-corrected chi connectivity index (χ1v) is 11.3. The van der Waals surface area contributed by atoms with E-state index in [1.165, 1.54) is 17.4 Å². The summed E-state index contributed by atoms with van der Waals surface area (Å²) in [5.41, 5.74) is 1.80. The summed E-state index contributed by atoms with van der Waals surface area (Å²) in [6.45, 7) is 1.13. The molecule has 0 unspecified atom stereocenters. The van der Waals surface area contributed by atoms with Crippen LogP contribution in [0.3, 0.4) is 0 Å². The van der Waals surface area contributed by atoms with Gasteiger partial charge < -0.3 is 14.2 Å². The Bertz CT molecular complexity index is 1090. The van der Waals surface area contributed by atoms with Crippen molar-refractivity contribution in [2.24, 2.45) is 0 Å². The summed E-state index contributed by atoms with van der Waals surface area (Å²) in [6.07, 6.45) is 5.08. The van der Waals surface area contributed by atoms with Crippen molar-refractivity contribution in [2.75, 3.05) is 19.0 Å². The van der Waals surface area contributed by atoms with Gasteiger partial charge in [-0.05, 0) is 54.3 Å². The van der Waals surface area contributed by atoms with Crippen LogP contribution in [-0.2, 0) is 16.1 Å². The molecule has 2 heterocycles. The predicted molar refractivity (Wildman–Crippen MR) is 124 cm³/mol. The van der Waals surface area contributed by atoms with Gasteiger partial charge in [-0.2, -0.15) is 0 Å². The molecule has 0 saturated carbocycles. The molecule has 1 amide bonds. The molecule has 1 fully saturated rings. The molecule has 166 valence electrons. The number of amides is 1. The summed E-state index contributed by atoms with van der Waals surface area (Å²) in [5, 5.41) is 12.8. The standard InChI is InChI=1S/C23H22ClN3O4S/c1-29-20-13-15(6-10-18(20)31-14-16-4-8-17(24)9-5-16)7-11-21(28)25-23-27-26-22(32-23)19-3-2-12-30-19/h4-11,13,19H,2-3,12,14H2,1H3,(H,25,27,28)/b11-7+/t19-/m0/s1. The largest absolute Gasteiger partial charge is 0.493 e. The number of nitrogens with one attached hydrogen (secondary N) is 1. The maximum absolute atomic E-state index is 12.3. The molecule has 1 aliphatic heterocycles. The molecule has 0 spiro atoms. The predicted octanol–water partition coefficient (Wildman–Crippen LogP) is 5.28. The topological polar surface area (TPSA) is 82.6 Å². The highest BCUT2D eigenvalue weighted by molar-refractivity contribution is 7.15. The normalized spacial score (nSPS) is 15.8. The van der Waals surface area contributed by atoms with E-state index in [1.54, 1.807) is 13.2 Å². The maximum atomic E-state index is 12.3. The Balaban J connectivity index is 1.34. The van der Waals surface area contributed by atoms with Crippen LogP contribution in [0.15, 0.2) is 48.5 Å². The SMILES string of the molecule is COc1cc(/C=C/C(=O)Nc2nnc([C@@H]3CCCO3)s2)ccc1OCc1ccc(Cl)cc1. The van der Waals surface area contributed by atoms with Crippen molar-refractivity contribution in [3.63, 3.8) is 0 Å². The lowest BCUT2D eigenvalue weighted by Gasteiger charge is -2.11. The lowest BCUT2D eigenvalue weighted by atomic mass is 10.2. The van der Waals surface area contributed by atoms with Crippen molar-refractivity contribution in [1.29, 1.82) is 0 Å². The molecule has 1 N–H and O–H groups in total. The number of hydrogen-bond donors (Lipinski definition) is 1. The number of carbonyl (C=O) groups excluding carboxylic acids is 1. The average Bonchev–Trinajstić information content (AvgIpc) is 3.50. The van der Waals surface area contributed by atoms with Crippen LogP contribution in [-0.4, -0.2) is 29.8 Å². The van der Waals surface area contributed by atoms with Gasteiger partial charge in [-0.15, -0.1) is 10.2 Å². The van der Waals surface area contributed by atoms with E-state index in [-0.39, 0.29) is 12.0 Å². The number of nitrogens with zero attached hydrogens (tertiary/aromatic N) is 2. The molecule has 1 saturated heterocycles. The molecular weight excluding hydrogens is 450 g/mol. The van der Waals surface area contributed by atoms with Gasteiger partial charge >= 0.3 is 0 Å². The summed E-state index contributed by atoms with van der Waals surface area (Å²) in [7, 11) is 1.58. The van der Waals surface area contributed by atoms with Gasteiger partial charge in [-0.1, -0.05) is 41.1 Å². The van der Waals surface area contributed by atoms with Gasteiger partial charge in [0.05, 0.1) is 7.11 Å². The maximum Gasteiger partial charge on any atom is 0.250 e. The third kappa shape index (κ3) is 5.85. The second-order valence-electron chi connectivity index (χ2n) is 7.10. The van der Waals surface area contributed by atoms with E-state index in [4.69, 9.17) is 25.8 Å². The smallest absolute Gasteiger partial charge is 0.250 e. The first-order chi connectivity index (χ1) is 15.6. The van der Waals surface area contributed by atoms with Crippen molar-refractivity contribution >= 4 is 40.1 Å². The van der Waals surface area contributed by atoms with Gasteiger partial charge in [0.2, 0.25) is 11.0 Å². The van der Waals surface area contributed by atoms with Crippen LogP contribution in [0.1, 0.15) is 35.1 Å². The fourth-order valence-corrected chi connectivity index (χ4v) is 4.11. The minimum Gasteiger partial charge on any atom is -0.493 e. The summed E-state index contributed by atoms with van der Waals surface area (Å²) in [4.78, 5) is 12.3. The number of aromatic nitrogens is 2. The molecule has 4 rings (SSSR count). The molecule has 7 nitrogen and oxygen atoms in total. The number of anilines is 1. The van der Waals surface area contributed by atoms with Crippen molar-refractivity contribution in [1.82, 2.24) is 10.2 Å². The van der Waals surface area contributed by atoms with E-state index in [9.17, 15) is 4.79 Å².